The summed E-state index contributed by atoms with van der Waals surface area (Å²) in [6, 6.07) is 15.9. The standard InChI is InChI=1S/C15H16O/c1-11-7-6-8-12(2)14(11)15(16)13-9-4-3-5-10-13/h3-10,15-16H,1-2H3/t15-/m0/s1. The summed E-state index contributed by atoms with van der Waals surface area (Å²) in [5.74, 6) is 0. The molecule has 0 aromatic heterocycles. The van der Waals surface area contributed by atoms with Gasteiger partial charge in [0.2, 0.25) is 0 Å². The Morgan fingerprint density at radius 1 is 0.812 bits per heavy atom. The van der Waals surface area contributed by atoms with Crippen molar-refractivity contribution in [3.63, 3.8) is 0 Å². The van der Waals surface area contributed by atoms with Crippen molar-refractivity contribution < 1.29 is 5.11 Å². The Bertz CT molecular complexity index is 454. The second kappa shape index (κ2) is 4.50. The molecule has 16 heavy (non-hydrogen) atoms. The first-order valence-corrected chi connectivity index (χ1v) is 5.49. The summed E-state index contributed by atoms with van der Waals surface area (Å²) < 4.78 is 0. The molecule has 2 aromatic carbocycles. The van der Waals surface area contributed by atoms with Gasteiger partial charge in [-0.1, -0.05) is 48.5 Å². The number of hydrogen-bond acceptors (Lipinski definition) is 1. The summed E-state index contributed by atoms with van der Waals surface area (Å²) in [6.45, 7) is 4.07. The van der Waals surface area contributed by atoms with Crippen LogP contribution in [0.1, 0.15) is 28.4 Å². The molecular formula is C15H16O. The average Bonchev–Trinajstić information content (AvgIpc) is 2.30. The zero-order chi connectivity index (χ0) is 11.5. The van der Waals surface area contributed by atoms with Gasteiger partial charge in [-0.2, -0.15) is 0 Å². The Kier molecular flexibility index (Phi) is 3.07. The van der Waals surface area contributed by atoms with Crippen molar-refractivity contribution in [2.45, 2.75) is 20.0 Å². The highest BCUT2D eigenvalue weighted by Crippen LogP contribution is 2.27. The molecule has 0 fully saturated rings. The summed E-state index contributed by atoms with van der Waals surface area (Å²) in [5, 5.41) is 10.4. The predicted octanol–water partition coefficient (Wildman–Crippen LogP) is 3.39. The quantitative estimate of drug-likeness (QED) is 0.809. The molecule has 1 N–H and O–H groups in total. The SMILES string of the molecule is Cc1cccc(C)c1[C@@H](O)c1ccccc1. The van der Waals surface area contributed by atoms with Crippen molar-refractivity contribution in [3.8, 4) is 0 Å². The Morgan fingerprint density at radius 2 is 1.38 bits per heavy atom. The molecule has 0 aliphatic heterocycles. The van der Waals surface area contributed by atoms with E-state index in [-0.39, 0.29) is 0 Å². The molecule has 0 amide bonds. The fourth-order valence-electron chi connectivity index (χ4n) is 2.06. The van der Waals surface area contributed by atoms with E-state index in [9.17, 15) is 5.11 Å². The van der Waals surface area contributed by atoms with Crippen molar-refractivity contribution >= 4 is 0 Å². The number of benzene rings is 2. The van der Waals surface area contributed by atoms with E-state index in [0.717, 1.165) is 22.3 Å². The van der Waals surface area contributed by atoms with E-state index >= 15 is 0 Å². The zero-order valence-corrected chi connectivity index (χ0v) is 9.64. The van der Waals surface area contributed by atoms with Gasteiger partial charge in [-0.15, -0.1) is 0 Å². The number of hydrogen-bond donors (Lipinski definition) is 1. The van der Waals surface area contributed by atoms with E-state index in [2.05, 4.69) is 0 Å². The lowest BCUT2D eigenvalue weighted by molar-refractivity contribution is 0.219. The summed E-state index contributed by atoms with van der Waals surface area (Å²) in [4.78, 5) is 0. The first-order valence-electron chi connectivity index (χ1n) is 5.49. The molecule has 2 rings (SSSR count). The van der Waals surface area contributed by atoms with Crippen LogP contribution < -0.4 is 0 Å². The van der Waals surface area contributed by atoms with Gasteiger partial charge in [0.05, 0.1) is 0 Å². The molecule has 0 saturated carbocycles. The Hall–Kier alpha value is -1.60. The highest BCUT2D eigenvalue weighted by Gasteiger charge is 2.14. The number of aryl methyl sites for hydroxylation is 2. The second-order valence-corrected chi connectivity index (χ2v) is 4.12. The largest absolute Gasteiger partial charge is 0.384 e. The third-order valence-corrected chi connectivity index (χ3v) is 2.93. The van der Waals surface area contributed by atoms with E-state index in [1.807, 2.05) is 62.4 Å². The molecule has 0 aliphatic rings. The van der Waals surface area contributed by atoms with Gasteiger partial charge in [0, 0.05) is 0 Å². The fraction of sp³-hybridized carbons (Fsp3) is 0.200. The maximum absolute atomic E-state index is 10.4. The third-order valence-electron chi connectivity index (χ3n) is 2.93. The molecule has 1 heteroatoms. The fourth-order valence-corrected chi connectivity index (χ4v) is 2.06. The Balaban J connectivity index is 2.46. The molecular weight excluding hydrogens is 196 g/mol. The van der Waals surface area contributed by atoms with Crippen LogP contribution in [0.5, 0.6) is 0 Å². The van der Waals surface area contributed by atoms with Crippen LogP contribution in [0.25, 0.3) is 0 Å². The Morgan fingerprint density at radius 3 is 1.94 bits per heavy atom. The molecule has 1 nitrogen and oxygen atoms in total. The molecule has 0 bridgehead atoms. The predicted molar refractivity (Wildman–Crippen MR) is 66.4 cm³/mol. The third kappa shape index (κ3) is 2.00. The summed E-state index contributed by atoms with van der Waals surface area (Å²) in [5.41, 5.74) is 4.24. The van der Waals surface area contributed by atoms with Gasteiger partial charge in [0.15, 0.2) is 0 Å². The number of aliphatic hydroxyl groups is 1. The van der Waals surface area contributed by atoms with Crippen molar-refractivity contribution in [2.75, 3.05) is 0 Å². The van der Waals surface area contributed by atoms with E-state index < -0.39 is 6.10 Å². The monoisotopic (exact) mass is 212 g/mol. The van der Waals surface area contributed by atoms with Crippen molar-refractivity contribution in [2.24, 2.45) is 0 Å². The van der Waals surface area contributed by atoms with Crippen LogP contribution in [0.4, 0.5) is 0 Å². The van der Waals surface area contributed by atoms with Gasteiger partial charge in [-0.3, -0.25) is 0 Å². The van der Waals surface area contributed by atoms with Crippen molar-refractivity contribution in [1.29, 1.82) is 0 Å². The maximum atomic E-state index is 10.4. The summed E-state index contributed by atoms with van der Waals surface area (Å²) in [7, 11) is 0. The minimum atomic E-state index is -0.526. The van der Waals surface area contributed by atoms with Crippen LogP contribution in [-0.4, -0.2) is 5.11 Å². The zero-order valence-electron chi connectivity index (χ0n) is 9.64. The van der Waals surface area contributed by atoms with Crippen LogP contribution in [0.15, 0.2) is 48.5 Å². The summed E-state index contributed by atoms with van der Waals surface area (Å²) >= 11 is 0. The average molecular weight is 212 g/mol. The minimum absolute atomic E-state index is 0.526. The smallest absolute Gasteiger partial charge is 0.105 e. The first kappa shape index (κ1) is 10.9. The topological polar surface area (TPSA) is 20.2 Å². The molecule has 2 aromatic rings. The van der Waals surface area contributed by atoms with Crippen molar-refractivity contribution in [3.05, 3.63) is 70.8 Å². The normalized spacial score (nSPS) is 12.4. The molecule has 0 spiro atoms. The molecule has 0 saturated heterocycles. The highest BCUT2D eigenvalue weighted by molar-refractivity contribution is 5.40. The van der Waals surface area contributed by atoms with Crippen LogP contribution in [0.3, 0.4) is 0 Å². The lowest BCUT2D eigenvalue weighted by atomic mass is 9.94. The molecule has 1 atom stereocenters. The second-order valence-electron chi connectivity index (χ2n) is 4.12. The minimum Gasteiger partial charge on any atom is -0.384 e. The van der Waals surface area contributed by atoms with Crippen LogP contribution in [-0.2, 0) is 0 Å². The molecule has 0 radical (unpaired) electrons. The van der Waals surface area contributed by atoms with E-state index in [4.69, 9.17) is 0 Å². The van der Waals surface area contributed by atoms with Crippen LogP contribution >= 0.6 is 0 Å². The highest BCUT2D eigenvalue weighted by atomic mass is 16.3. The van der Waals surface area contributed by atoms with E-state index in [1.165, 1.54) is 0 Å². The van der Waals surface area contributed by atoms with Gasteiger partial charge < -0.3 is 5.11 Å². The van der Waals surface area contributed by atoms with Crippen LogP contribution in [0, 0.1) is 13.8 Å². The molecule has 82 valence electrons. The maximum Gasteiger partial charge on any atom is 0.105 e. The lowest BCUT2D eigenvalue weighted by Crippen LogP contribution is -2.04. The number of aliphatic hydroxyl groups excluding tert-OH is 1. The van der Waals surface area contributed by atoms with Crippen molar-refractivity contribution in [1.82, 2.24) is 0 Å². The van der Waals surface area contributed by atoms with Gasteiger partial charge in [-0.25, -0.2) is 0 Å². The summed E-state index contributed by atoms with van der Waals surface area (Å²) in [6.07, 6.45) is -0.526. The van der Waals surface area contributed by atoms with Gasteiger partial charge >= 0.3 is 0 Å². The Labute approximate surface area is 96.4 Å². The lowest BCUT2D eigenvalue weighted by Gasteiger charge is -2.16. The van der Waals surface area contributed by atoms with Crippen LogP contribution in [0.2, 0.25) is 0 Å². The molecule has 0 unspecified atom stereocenters. The van der Waals surface area contributed by atoms with Gasteiger partial charge in [-0.05, 0) is 36.1 Å². The molecule has 0 heterocycles. The number of rotatable bonds is 2. The first-order chi connectivity index (χ1) is 7.70. The van der Waals surface area contributed by atoms with Gasteiger partial charge in [0.25, 0.3) is 0 Å². The van der Waals surface area contributed by atoms with Gasteiger partial charge in [0.1, 0.15) is 6.10 Å². The van der Waals surface area contributed by atoms with E-state index in [0.29, 0.717) is 0 Å². The molecule has 0 aliphatic carbocycles. The van der Waals surface area contributed by atoms with E-state index in [1.54, 1.807) is 0 Å².